The van der Waals surface area contributed by atoms with E-state index in [0.717, 1.165) is 24.2 Å². The van der Waals surface area contributed by atoms with Gasteiger partial charge in [0, 0.05) is 30.9 Å². The molecule has 1 aromatic heterocycles. The Kier molecular flexibility index (Phi) is 7.24. The average molecular weight is 481 g/mol. The number of anilines is 1. The number of amides is 1. The molecule has 34 heavy (non-hydrogen) atoms. The van der Waals surface area contributed by atoms with Gasteiger partial charge in [-0.3, -0.25) is 9.69 Å². The predicted octanol–water partition coefficient (Wildman–Crippen LogP) is 4.89. The average Bonchev–Trinajstić information content (AvgIpc) is 3.32. The van der Waals surface area contributed by atoms with Crippen LogP contribution in [0.15, 0.2) is 48.8 Å². The number of nitrogens with zero attached hydrogens (tertiary/aromatic N) is 3. The Balaban J connectivity index is 1.37. The lowest BCUT2D eigenvalue weighted by molar-refractivity contribution is -0.117. The van der Waals surface area contributed by atoms with Crippen molar-refractivity contribution in [1.29, 1.82) is 0 Å². The zero-order valence-corrected chi connectivity index (χ0v) is 20.6. The molecule has 0 radical (unpaired) electrons. The number of benzene rings is 2. The maximum Gasteiger partial charge on any atom is 0.238 e. The Labute approximate surface area is 204 Å². The minimum atomic E-state index is -0.126. The summed E-state index contributed by atoms with van der Waals surface area (Å²) in [6, 6.07) is 9.64. The standard InChI is InChI=1S/C26H29ClN4O3/c1-17-5-6-21(11-18(17)2)31-15-20(14-28-31)19-7-9-30(10-8-19)16-26(32)29-23-12-22(27)24(33-3)13-25(23)34-4/h5-7,11-15H,8-10,16H2,1-4H3,(H,29,32). The maximum atomic E-state index is 12.7. The number of aryl methyl sites for hydroxylation is 2. The second-order valence-corrected chi connectivity index (χ2v) is 8.80. The fraction of sp³-hybridized carbons (Fsp3) is 0.308. The lowest BCUT2D eigenvalue weighted by atomic mass is 10.0. The van der Waals surface area contributed by atoms with Crippen molar-refractivity contribution in [3.8, 4) is 17.2 Å². The number of ether oxygens (including phenoxy) is 2. The molecule has 3 aromatic rings. The van der Waals surface area contributed by atoms with Gasteiger partial charge >= 0.3 is 0 Å². The minimum absolute atomic E-state index is 0.126. The third-order valence-electron chi connectivity index (χ3n) is 6.12. The summed E-state index contributed by atoms with van der Waals surface area (Å²) in [7, 11) is 3.07. The van der Waals surface area contributed by atoms with E-state index in [2.05, 4.69) is 59.6 Å². The molecule has 2 aromatic carbocycles. The number of aromatic nitrogens is 2. The Morgan fingerprint density at radius 1 is 1.12 bits per heavy atom. The topological polar surface area (TPSA) is 68.6 Å². The third kappa shape index (κ3) is 5.26. The molecular formula is C26H29ClN4O3. The number of methoxy groups -OCH3 is 2. The first-order chi connectivity index (χ1) is 16.4. The van der Waals surface area contributed by atoms with E-state index in [1.165, 1.54) is 30.9 Å². The van der Waals surface area contributed by atoms with E-state index in [4.69, 9.17) is 21.1 Å². The van der Waals surface area contributed by atoms with Crippen molar-refractivity contribution >= 4 is 28.8 Å². The van der Waals surface area contributed by atoms with Crippen molar-refractivity contribution in [1.82, 2.24) is 14.7 Å². The van der Waals surface area contributed by atoms with Crippen LogP contribution in [0.2, 0.25) is 5.02 Å². The van der Waals surface area contributed by atoms with Crippen LogP contribution in [0.25, 0.3) is 11.3 Å². The molecule has 0 saturated carbocycles. The molecule has 1 aliphatic rings. The van der Waals surface area contributed by atoms with Gasteiger partial charge in [0.1, 0.15) is 11.5 Å². The fourth-order valence-electron chi connectivity index (χ4n) is 3.97. The third-order valence-corrected chi connectivity index (χ3v) is 6.41. The van der Waals surface area contributed by atoms with Crippen molar-refractivity contribution in [2.75, 3.05) is 39.2 Å². The summed E-state index contributed by atoms with van der Waals surface area (Å²) >= 11 is 6.21. The van der Waals surface area contributed by atoms with Gasteiger partial charge < -0.3 is 14.8 Å². The van der Waals surface area contributed by atoms with Crippen molar-refractivity contribution in [2.45, 2.75) is 20.3 Å². The van der Waals surface area contributed by atoms with Gasteiger partial charge in [0.15, 0.2) is 0 Å². The molecule has 4 rings (SSSR count). The number of hydrogen-bond donors (Lipinski definition) is 1. The number of hydrogen-bond acceptors (Lipinski definition) is 5. The van der Waals surface area contributed by atoms with Gasteiger partial charge in [0.2, 0.25) is 5.91 Å². The van der Waals surface area contributed by atoms with Crippen molar-refractivity contribution < 1.29 is 14.3 Å². The number of halogens is 1. The quantitative estimate of drug-likeness (QED) is 0.521. The molecule has 2 heterocycles. The fourth-order valence-corrected chi connectivity index (χ4v) is 4.21. The largest absolute Gasteiger partial charge is 0.495 e. The molecule has 0 atom stereocenters. The highest BCUT2D eigenvalue weighted by molar-refractivity contribution is 6.32. The molecule has 0 aliphatic carbocycles. The molecule has 7 nitrogen and oxygen atoms in total. The highest BCUT2D eigenvalue weighted by Crippen LogP contribution is 2.36. The van der Waals surface area contributed by atoms with Crippen LogP contribution in [0, 0.1) is 13.8 Å². The predicted molar refractivity (Wildman–Crippen MR) is 135 cm³/mol. The summed E-state index contributed by atoms with van der Waals surface area (Å²) in [5.41, 5.74) is 6.44. The van der Waals surface area contributed by atoms with Gasteiger partial charge in [-0.1, -0.05) is 23.7 Å². The van der Waals surface area contributed by atoms with Gasteiger partial charge in [-0.25, -0.2) is 4.68 Å². The van der Waals surface area contributed by atoms with E-state index in [1.807, 2.05) is 10.9 Å². The van der Waals surface area contributed by atoms with Crippen molar-refractivity contribution in [2.24, 2.45) is 0 Å². The molecule has 1 N–H and O–H groups in total. The summed E-state index contributed by atoms with van der Waals surface area (Å²) < 4.78 is 12.5. The van der Waals surface area contributed by atoms with Crippen LogP contribution >= 0.6 is 11.6 Å². The van der Waals surface area contributed by atoms with E-state index >= 15 is 0 Å². The molecule has 8 heteroatoms. The summed E-state index contributed by atoms with van der Waals surface area (Å²) in [5, 5.41) is 7.85. The molecule has 0 bridgehead atoms. The molecule has 178 valence electrons. The summed E-state index contributed by atoms with van der Waals surface area (Å²) in [6.45, 7) is 5.97. The first-order valence-corrected chi connectivity index (χ1v) is 11.5. The van der Waals surface area contributed by atoms with Crippen LogP contribution in [0.4, 0.5) is 5.69 Å². The molecule has 1 aliphatic heterocycles. The Bertz CT molecular complexity index is 1230. The van der Waals surface area contributed by atoms with Gasteiger partial charge in [-0.2, -0.15) is 5.10 Å². The van der Waals surface area contributed by atoms with Crippen molar-refractivity contribution in [3.63, 3.8) is 0 Å². The Morgan fingerprint density at radius 3 is 2.59 bits per heavy atom. The number of nitrogens with one attached hydrogen (secondary N) is 1. The van der Waals surface area contributed by atoms with Crippen LogP contribution < -0.4 is 14.8 Å². The molecule has 1 amide bonds. The van der Waals surface area contributed by atoms with Gasteiger partial charge in [0.25, 0.3) is 0 Å². The zero-order chi connectivity index (χ0) is 24.2. The zero-order valence-electron chi connectivity index (χ0n) is 19.9. The lowest BCUT2D eigenvalue weighted by Crippen LogP contribution is -2.36. The summed E-state index contributed by atoms with van der Waals surface area (Å²) in [5.74, 6) is 0.862. The molecule has 0 saturated heterocycles. The monoisotopic (exact) mass is 480 g/mol. The maximum absolute atomic E-state index is 12.7. The SMILES string of the molecule is COc1cc(OC)c(NC(=O)CN2CC=C(c3cnn(-c4ccc(C)c(C)c4)c3)CC2)cc1Cl. The smallest absolute Gasteiger partial charge is 0.238 e. The normalized spacial score (nSPS) is 14.0. The van der Waals surface area contributed by atoms with E-state index in [1.54, 1.807) is 12.1 Å². The van der Waals surface area contributed by atoms with Gasteiger partial charge in [-0.05, 0) is 55.2 Å². The highest BCUT2D eigenvalue weighted by atomic mass is 35.5. The number of carbonyl (C=O) groups excluding carboxylic acids is 1. The van der Waals surface area contributed by atoms with Crippen LogP contribution in [0.1, 0.15) is 23.1 Å². The minimum Gasteiger partial charge on any atom is -0.495 e. The first-order valence-electron chi connectivity index (χ1n) is 11.1. The number of rotatable bonds is 7. The van der Waals surface area contributed by atoms with Crippen LogP contribution in [0.5, 0.6) is 11.5 Å². The Morgan fingerprint density at radius 2 is 1.91 bits per heavy atom. The summed E-state index contributed by atoms with van der Waals surface area (Å²) in [6.07, 6.45) is 6.99. The second-order valence-electron chi connectivity index (χ2n) is 8.39. The van der Waals surface area contributed by atoms with E-state index < -0.39 is 0 Å². The van der Waals surface area contributed by atoms with E-state index in [-0.39, 0.29) is 12.5 Å². The van der Waals surface area contributed by atoms with Crippen LogP contribution in [-0.4, -0.2) is 54.4 Å². The van der Waals surface area contributed by atoms with E-state index in [9.17, 15) is 4.79 Å². The molecule has 0 fully saturated rings. The Hall–Kier alpha value is -3.29. The summed E-state index contributed by atoms with van der Waals surface area (Å²) in [4.78, 5) is 14.8. The molecule has 0 spiro atoms. The molecular weight excluding hydrogens is 452 g/mol. The van der Waals surface area contributed by atoms with Crippen LogP contribution in [0.3, 0.4) is 0 Å². The number of carbonyl (C=O) groups is 1. The first kappa shape index (κ1) is 23.9. The van der Waals surface area contributed by atoms with Gasteiger partial charge in [-0.15, -0.1) is 0 Å². The van der Waals surface area contributed by atoms with Gasteiger partial charge in [0.05, 0.1) is 43.4 Å². The molecule has 0 unspecified atom stereocenters. The highest BCUT2D eigenvalue weighted by Gasteiger charge is 2.18. The second kappa shape index (κ2) is 10.3. The van der Waals surface area contributed by atoms with Crippen molar-refractivity contribution in [3.05, 3.63) is 70.5 Å². The lowest BCUT2D eigenvalue weighted by Gasteiger charge is -2.25. The van der Waals surface area contributed by atoms with E-state index in [0.29, 0.717) is 28.8 Å². The van der Waals surface area contributed by atoms with Crippen LogP contribution in [-0.2, 0) is 4.79 Å².